The zero-order valence-corrected chi connectivity index (χ0v) is 18.4. The molecule has 0 aliphatic heterocycles. The second-order valence-electron chi connectivity index (χ2n) is 6.61. The van der Waals surface area contributed by atoms with Gasteiger partial charge in [0.05, 0.1) is 11.5 Å². The summed E-state index contributed by atoms with van der Waals surface area (Å²) in [4.78, 5) is 41.6. The number of carbonyl (C=O) groups excluding carboxylic acids is 2. The highest BCUT2D eigenvalue weighted by molar-refractivity contribution is 7.09. The van der Waals surface area contributed by atoms with Gasteiger partial charge in [-0.05, 0) is 18.9 Å². The lowest BCUT2D eigenvalue weighted by Gasteiger charge is -2.21. The van der Waals surface area contributed by atoms with E-state index in [1.54, 1.807) is 30.6 Å². The topological polar surface area (TPSA) is 124 Å². The highest BCUT2D eigenvalue weighted by atomic mass is 32.1. The molecule has 1 aromatic heterocycles. The van der Waals surface area contributed by atoms with Crippen molar-refractivity contribution in [2.75, 3.05) is 40.5 Å². The normalized spacial score (nSPS) is 10.6. The van der Waals surface area contributed by atoms with E-state index < -0.39 is 4.92 Å². The SMILES string of the molecule is COCCCNC(=O)c1csc(CN(CCCOC)C(=O)c2cccc([N+](=O)[O-])c2)n1. The zero-order chi connectivity index (χ0) is 22.6. The number of rotatable bonds is 13. The predicted octanol–water partition coefficient (Wildman–Crippen LogP) is 2.50. The number of aromatic nitrogens is 1. The van der Waals surface area contributed by atoms with E-state index in [1.165, 1.54) is 29.5 Å². The van der Waals surface area contributed by atoms with Crippen LogP contribution in [0.5, 0.6) is 0 Å². The van der Waals surface area contributed by atoms with Gasteiger partial charge in [-0.15, -0.1) is 11.3 Å². The Kier molecular flexibility index (Phi) is 10.0. The minimum absolute atomic E-state index is 0.149. The summed E-state index contributed by atoms with van der Waals surface area (Å²) in [5.41, 5.74) is 0.362. The Morgan fingerprint density at radius 2 is 1.97 bits per heavy atom. The standard InChI is InChI=1S/C20H26N4O6S/c1-29-10-4-8-21-19(25)17-14-31-18(22-17)13-23(9-5-11-30-2)20(26)15-6-3-7-16(12-15)24(27)28/h3,6-7,12,14H,4-5,8-11,13H2,1-2H3,(H,21,25). The molecule has 0 spiro atoms. The molecule has 31 heavy (non-hydrogen) atoms. The van der Waals surface area contributed by atoms with E-state index >= 15 is 0 Å². The molecule has 0 saturated heterocycles. The van der Waals surface area contributed by atoms with Crippen LogP contribution in [0.25, 0.3) is 0 Å². The predicted molar refractivity (Wildman–Crippen MR) is 115 cm³/mol. The molecule has 1 N–H and O–H groups in total. The summed E-state index contributed by atoms with van der Waals surface area (Å²) in [6, 6.07) is 5.62. The summed E-state index contributed by atoms with van der Waals surface area (Å²) in [5, 5.41) is 16.0. The van der Waals surface area contributed by atoms with Crippen molar-refractivity contribution in [3.63, 3.8) is 0 Å². The van der Waals surface area contributed by atoms with Gasteiger partial charge in [0.15, 0.2) is 0 Å². The minimum Gasteiger partial charge on any atom is -0.385 e. The van der Waals surface area contributed by atoms with Crippen LogP contribution in [0.1, 0.15) is 38.7 Å². The fourth-order valence-corrected chi connectivity index (χ4v) is 3.54. The largest absolute Gasteiger partial charge is 0.385 e. The maximum Gasteiger partial charge on any atom is 0.270 e. The third kappa shape index (κ3) is 7.70. The third-order valence-electron chi connectivity index (χ3n) is 4.29. The monoisotopic (exact) mass is 450 g/mol. The van der Waals surface area contributed by atoms with Gasteiger partial charge in [-0.25, -0.2) is 4.98 Å². The Morgan fingerprint density at radius 3 is 2.68 bits per heavy atom. The number of amides is 2. The van der Waals surface area contributed by atoms with Crippen molar-refractivity contribution < 1.29 is 24.0 Å². The number of carbonyl (C=O) groups is 2. The molecule has 2 rings (SSSR count). The first-order chi connectivity index (χ1) is 15.0. The van der Waals surface area contributed by atoms with Crippen molar-refractivity contribution in [1.82, 2.24) is 15.2 Å². The molecule has 0 atom stereocenters. The number of thiazole rings is 1. The van der Waals surface area contributed by atoms with Gasteiger partial charge in [0, 0.05) is 63.6 Å². The Bertz CT molecular complexity index is 888. The van der Waals surface area contributed by atoms with E-state index in [9.17, 15) is 19.7 Å². The van der Waals surface area contributed by atoms with Crippen molar-refractivity contribution >= 4 is 28.8 Å². The average molecular weight is 451 g/mol. The molecule has 1 heterocycles. The van der Waals surface area contributed by atoms with Crippen LogP contribution in [-0.2, 0) is 16.0 Å². The second-order valence-corrected chi connectivity index (χ2v) is 7.55. The molecule has 11 heteroatoms. The van der Waals surface area contributed by atoms with E-state index in [1.807, 2.05) is 0 Å². The maximum absolute atomic E-state index is 13.0. The van der Waals surface area contributed by atoms with Gasteiger partial charge in [0.2, 0.25) is 0 Å². The van der Waals surface area contributed by atoms with Crippen molar-refractivity contribution in [2.24, 2.45) is 0 Å². The lowest BCUT2D eigenvalue weighted by molar-refractivity contribution is -0.384. The van der Waals surface area contributed by atoms with E-state index in [0.717, 1.165) is 0 Å². The molecule has 0 saturated carbocycles. The number of ether oxygens (including phenoxy) is 2. The number of benzene rings is 1. The number of nitro benzene ring substituents is 1. The van der Waals surface area contributed by atoms with Crippen molar-refractivity contribution in [3.05, 3.63) is 56.0 Å². The number of hydrogen-bond donors (Lipinski definition) is 1. The van der Waals surface area contributed by atoms with Gasteiger partial charge >= 0.3 is 0 Å². The molecule has 0 radical (unpaired) electrons. The Balaban J connectivity index is 2.09. The number of hydrogen-bond acceptors (Lipinski definition) is 8. The van der Waals surface area contributed by atoms with Gasteiger partial charge < -0.3 is 19.7 Å². The van der Waals surface area contributed by atoms with E-state index in [0.29, 0.717) is 44.2 Å². The number of non-ortho nitro benzene ring substituents is 1. The smallest absolute Gasteiger partial charge is 0.270 e. The summed E-state index contributed by atoms with van der Waals surface area (Å²) in [7, 11) is 3.17. The summed E-state index contributed by atoms with van der Waals surface area (Å²) in [6.07, 6.45) is 1.29. The van der Waals surface area contributed by atoms with Gasteiger partial charge in [0.1, 0.15) is 10.7 Å². The van der Waals surface area contributed by atoms with Gasteiger partial charge in [0.25, 0.3) is 17.5 Å². The average Bonchev–Trinajstić information content (AvgIpc) is 3.24. The zero-order valence-electron chi connectivity index (χ0n) is 17.5. The van der Waals surface area contributed by atoms with Crippen LogP contribution in [0.15, 0.2) is 29.6 Å². The number of nitrogens with one attached hydrogen (secondary N) is 1. The first-order valence-electron chi connectivity index (χ1n) is 9.70. The molecule has 0 aliphatic carbocycles. The van der Waals surface area contributed by atoms with Crippen LogP contribution >= 0.6 is 11.3 Å². The van der Waals surface area contributed by atoms with Crippen LogP contribution in [0.4, 0.5) is 5.69 Å². The third-order valence-corrected chi connectivity index (χ3v) is 5.12. The maximum atomic E-state index is 13.0. The summed E-state index contributed by atoms with van der Waals surface area (Å²) >= 11 is 1.28. The van der Waals surface area contributed by atoms with Gasteiger partial charge in [-0.3, -0.25) is 19.7 Å². The minimum atomic E-state index is -0.537. The molecule has 0 fully saturated rings. The molecule has 10 nitrogen and oxygen atoms in total. The summed E-state index contributed by atoms with van der Waals surface area (Å²) in [5.74, 6) is -0.630. The van der Waals surface area contributed by atoms with Crippen molar-refractivity contribution in [3.8, 4) is 0 Å². The molecule has 0 unspecified atom stereocenters. The quantitative estimate of drug-likeness (QED) is 0.282. The lowest BCUT2D eigenvalue weighted by atomic mass is 10.1. The number of nitrogens with zero attached hydrogens (tertiary/aromatic N) is 3. The Hall–Kier alpha value is -2.89. The van der Waals surface area contributed by atoms with Crippen molar-refractivity contribution in [1.29, 1.82) is 0 Å². The first-order valence-corrected chi connectivity index (χ1v) is 10.6. The van der Waals surface area contributed by atoms with Crippen LogP contribution in [0, 0.1) is 10.1 Å². The van der Waals surface area contributed by atoms with E-state index in [2.05, 4.69) is 10.3 Å². The summed E-state index contributed by atoms with van der Waals surface area (Å²) < 4.78 is 10.0. The molecular weight excluding hydrogens is 424 g/mol. The van der Waals surface area contributed by atoms with E-state index in [4.69, 9.17) is 9.47 Å². The number of methoxy groups -OCH3 is 2. The molecule has 1 aromatic carbocycles. The van der Waals surface area contributed by atoms with E-state index in [-0.39, 0.29) is 35.3 Å². The highest BCUT2D eigenvalue weighted by Gasteiger charge is 2.20. The van der Waals surface area contributed by atoms with Gasteiger partial charge in [-0.1, -0.05) is 6.07 Å². The van der Waals surface area contributed by atoms with Gasteiger partial charge in [-0.2, -0.15) is 0 Å². The molecule has 168 valence electrons. The van der Waals surface area contributed by atoms with Crippen LogP contribution in [-0.4, -0.2) is 67.1 Å². The molecule has 0 bridgehead atoms. The van der Waals surface area contributed by atoms with Crippen LogP contribution in [0.2, 0.25) is 0 Å². The van der Waals surface area contributed by atoms with Crippen LogP contribution in [0.3, 0.4) is 0 Å². The fraction of sp³-hybridized carbons (Fsp3) is 0.450. The van der Waals surface area contributed by atoms with Crippen LogP contribution < -0.4 is 5.32 Å². The van der Waals surface area contributed by atoms with Crippen molar-refractivity contribution in [2.45, 2.75) is 19.4 Å². The second kappa shape index (κ2) is 12.7. The Morgan fingerprint density at radius 1 is 1.23 bits per heavy atom. The molecule has 2 amide bonds. The Labute approximate surface area is 184 Å². The highest BCUT2D eigenvalue weighted by Crippen LogP contribution is 2.18. The molecule has 0 aliphatic rings. The lowest BCUT2D eigenvalue weighted by Crippen LogP contribution is -2.32. The molecule has 2 aromatic rings. The number of nitro groups is 1. The first kappa shape index (κ1) is 24.4. The molecular formula is C20H26N4O6S. The fourth-order valence-electron chi connectivity index (χ4n) is 2.75. The summed E-state index contributed by atoms with van der Waals surface area (Å²) in [6.45, 7) is 2.07.